The van der Waals surface area contributed by atoms with E-state index in [1.54, 1.807) is 6.92 Å². The van der Waals surface area contributed by atoms with Gasteiger partial charge in [0.05, 0.1) is 19.0 Å². The summed E-state index contributed by atoms with van der Waals surface area (Å²) in [6.45, 7) is 1.99. The lowest BCUT2D eigenvalue weighted by atomic mass is 10.3. The van der Waals surface area contributed by atoms with Crippen LogP contribution in [0.3, 0.4) is 0 Å². The molecule has 0 atom stereocenters. The maximum Gasteiger partial charge on any atom is 0.357 e. The summed E-state index contributed by atoms with van der Waals surface area (Å²) in [5, 5.41) is 17.1. The molecule has 0 saturated heterocycles. The predicted molar refractivity (Wildman–Crippen MR) is 43.9 cm³/mol. The van der Waals surface area contributed by atoms with Crippen LogP contribution in [-0.4, -0.2) is 34.2 Å². The summed E-state index contributed by atoms with van der Waals surface area (Å²) < 4.78 is 4.72. The van der Waals surface area contributed by atoms with Gasteiger partial charge in [-0.05, 0) is 6.92 Å². The highest BCUT2D eigenvalue weighted by atomic mass is 16.5. The fourth-order valence-electron chi connectivity index (χ4n) is 0.822. The largest absolute Gasteiger partial charge is 0.461 e. The second-order valence-electron chi connectivity index (χ2n) is 2.17. The van der Waals surface area contributed by atoms with Gasteiger partial charge in [-0.25, -0.2) is 4.79 Å². The van der Waals surface area contributed by atoms with Crippen LogP contribution in [0.5, 0.6) is 0 Å². The second-order valence-corrected chi connectivity index (χ2v) is 2.17. The smallest absolute Gasteiger partial charge is 0.357 e. The first kappa shape index (κ1) is 9.24. The summed E-state index contributed by atoms with van der Waals surface area (Å²) in [5.74, 6) is -0.519. The average Bonchev–Trinajstić information content (AvgIpc) is 2.54. The van der Waals surface area contributed by atoms with Crippen molar-refractivity contribution in [1.82, 2.24) is 10.2 Å². The number of aromatic nitrogens is 2. The number of H-pyrrole nitrogens is 1. The van der Waals surface area contributed by atoms with E-state index in [1.165, 1.54) is 6.20 Å². The number of rotatable bonds is 3. The summed E-state index contributed by atoms with van der Waals surface area (Å²) in [7, 11) is 0. The van der Waals surface area contributed by atoms with E-state index >= 15 is 0 Å². The molecule has 0 aliphatic heterocycles. The Balaban J connectivity index is 2.87. The highest BCUT2D eigenvalue weighted by molar-refractivity contribution is 5.97. The molecule has 0 saturated carbocycles. The van der Waals surface area contributed by atoms with Crippen LogP contribution in [0.15, 0.2) is 11.4 Å². The first-order valence-electron chi connectivity index (χ1n) is 3.67. The lowest BCUT2D eigenvalue weighted by Crippen LogP contribution is -2.07. The first-order chi connectivity index (χ1) is 6.29. The molecule has 0 bridgehead atoms. The molecular weight excluding hydrogens is 174 g/mol. The topological polar surface area (TPSA) is 87.6 Å². The summed E-state index contributed by atoms with van der Waals surface area (Å²) in [6.07, 6.45) is 2.47. The average molecular weight is 183 g/mol. The van der Waals surface area contributed by atoms with Gasteiger partial charge in [0.25, 0.3) is 0 Å². The Hall–Kier alpha value is -1.85. The zero-order valence-electron chi connectivity index (χ0n) is 7.02. The molecule has 2 N–H and O–H groups in total. The minimum absolute atomic E-state index is 0.180. The van der Waals surface area contributed by atoms with Gasteiger partial charge in [-0.2, -0.15) is 5.10 Å². The number of ether oxygens (including phenoxy) is 1. The standard InChI is InChI=1S/C7H9N3O3/c1-2-13-7(11)6-5(4-9-12)3-8-10-6/h3-4,12H,2H2,1H3,(H,8,10)/b9-4+. The Bertz CT molecular complexity index is 319. The van der Waals surface area contributed by atoms with E-state index in [0.29, 0.717) is 5.56 Å². The highest BCUT2D eigenvalue weighted by Crippen LogP contribution is 2.03. The molecule has 1 aromatic heterocycles. The van der Waals surface area contributed by atoms with E-state index < -0.39 is 5.97 Å². The van der Waals surface area contributed by atoms with E-state index in [2.05, 4.69) is 15.4 Å². The molecular formula is C7H9N3O3. The minimum Gasteiger partial charge on any atom is -0.461 e. The molecule has 0 aromatic carbocycles. The van der Waals surface area contributed by atoms with Crippen molar-refractivity contribution in [1.29, 1.82) is 0 Å². The fourth-order valence-corrected chi connectivity index (χ4v) is 0.822. The van der Waals surface area contributed by atoms with Crippen LogP contribution in [-0.2, 0) is 4.74 Å². The highest BCUT2D eigenvalue weighted by Gasteiger charge is 2.12. The lowest BCUT2D eigenvalue weighted by Gasteiger charge is -1.98. The number of carbonyl (C=O) groups excluding carboxylic acids is 1. The molecule has 1 heterocycles. The van der Waals surface area contributed by atoms with Gasteiger partial charge in [0.2, 0.25) is 0 Å². The van der Waals surface area contributed by atoms with Gasteiger partial charge in [0.15, 0.2) is 5.69 Å². The molecule has 0 radical (unpaired) electrons. The maximum absolute atomic E-state index is 11.2. The molecule has 0 fully saturated rings. The third kappa shape index (κ3) is 2.05. The number of esters is 1. The molecule has 0 unspecified atom stereocenters. The molecule has 0 spiro atoms. The van der Waals surface area contributed by atoms with Crippen molar-refractivity contribution in [2.24, 2.45) is 5.16 Å². The van der Waals surface area contributed by atoms with Crippen molar-refractivity contribution in [2.75, 3.05) is 6.61 Å². The Morgan fingerprint density at radius 1 is 1.92 bits per heavy atom. The predicted octanol–water partition coefficient (Wildman–Crippen LogP) is 0.395. The second kappa shape index (κ2) is 4.24. The number of carbonyl (C=O) groups is 1. The van der Waals surface area contributed by atoms with E-state index in [9.17, 15) is 4.79 Å². The molecule has 1 aromatic rings. The van der Waals surface area contributed by atoms with Gasteiger partial charge in [0.1, 0.15) is 0 Å². The normalized spacial score (nSPS) is 10.5. The Morgan fingerprint density at radius 2 is 2.69 bits per heavy atom. The maximum atomic E-state index is 11.2. The number of hydrogen-bond donors (Lipinski definition) is 2. The van der Waals surface area contributed by atoms with Crippen molar-refractivity contribution in [3.05, 3.63) is 17.5 Å². The molecule has 6 heteroatoms. The van der Waals surface area contributed by atoms with Crippen LogP contribution >= 0.6 is 0 Å². The molecule has 0 amide bonds. The van der Waals surface area contributed by atoms with E-state index in [-0.39, 0.29) is 12.3 Å². The molecule has 0 aliphatic carbocycles. The molecule has 0 aliphatic rings. The van der Waals surface area contributed by atoms with Gasteiger partial charge in [0, 0.05) is 5.56 Å². The van der Waals surface area contributed by atoms with Crippen molar-refractivity contribution >= 4 is 12.2 Å². The molecule has 70 valence electrons. The SMILES string of the molecule is CCOC(=O)c1[nH]ncc1/C=N/O. The Labute approximate surface area is 74.2 Å². The van der Waals surface area contributed by atoms with Gasteiger partial charge in [-0.3, -0.25) is 5.10 Å². The van der Waals surface area contributed by atoms with Crippen LogP contribution in [0.25, 0.3) is 0 Å². The fraction of sp³-hybridized carbons (Fsp3) is 0.286. The van der Waals surface area contributed by atoms with Gasteiger partial charge in [-0.15, -0.1) is 0 Å². The van der Waals surface area contributed by atoms with Crippen molar-refractivity contribution < 1.29 is 14.7 Å². The quantitative estimate of drug-likeness (QED) is 0.307. The number of nitrogens with one attached hydrogen (secondary N) is 1. The third-order valence-corrected chi connectivity index (χ3v) is 1.35. The van der Waals surface area contributed by atoms with E-state index in [4.69, 9.17) is 9.94 Å². The van der Waals surface area contributed by atoms with Crippen LogP contribution in [0.1, 0.15) is 23.0 Å². The number of oxime groups is 1. The van der Waals surface area contributed by atoms with Crippen LogP contribution in [0.4, 0.5) is 0 Å². The first-order valence-corrected chi connectivity index (χ1v) is 3.67. The van der Waals surface area contributed by atoms with Crippen LogP contribution in [0, 0.1) is 0 Å². The van der Waals surface area contributed by atoms with Gasteiger partial charge >= 0.3 is 5.97 Å². The third-order valence-electron chi connectivity index (χ3n) is 1.35. The van der Waals surface area contributed by atoms with E-state index in [0.717, 1.165) is 6.21 Å². The summed E-state index contributed by atoms with van der Waals surface area (Å²) in [6, 6.07) is 0. The monoisotopic (exact) mass is 183 g/mol. The number of nitrogens with zero attached hydrogens (tertiary/aromatic N) is 2. The van der Waals surface area contributed by atoms with Crippen LogP contribution < -0.4 is 0 Å². The zero-order chi connectivity index (χ0) is 9.68. The van der Waals surface area contributed by atoms with Crippen molar-refractivity contribution in [3.8, 4) is 0 Å². The molecule has 13 heavy (non-hydrogen) atoms. The van der Waals surface area contributed by atoms with E-state index in [1.807, 2.05) is 0 Å². The Morgan fingerprint density at radius 3 is 3.31 bits per heavy atom. The molecule has 1 rings (SSSR count). The summed E-state index contributed by atoms with van der Waals surface area (Å²) in [4.78, 5) is 11.2. The lowest BCUT2D eigenvalue weighted by molar-refractivity contribution is 0.0519. The molecule has 6 nitrogen and oxygen atoms in total. The minimum atomic E-state index is -0.519. The number of aromatic amines is 1. The van der Waals surface area contributed by atoms with Crippen LogP contribution in [0.2, 0.25) is 0 Å². The summed E-state index contributed by atoms with van der Waals surface area (Å²) >= 11 is 0. The van der Waals surface area contributed by atoms with Crippen molar-refractivity contribution in [2.45, 2.75) is 6.92 Å². The number of hydrogen-bond acceptors (Lipinski definition) is 5. The van der Waals surface area contributed by atoms with Gasteiger partial charge < -0.3 is 9.94 Å². The zero-order valence-corrected chi connectivity index (χ0v) is 7.02. The summed E-state index contributed by atoms with van der Waals surface area (Å²) in [5.41, 5.74) is 0.570. The van der Waals surface area contributed by atoms with Crippen molar-refractivity contribution in [3.63, 3.8) is 0 Å². The van der Waals surface area contributed by atoms with Gasteiger partial charge in [-0.1, -0.05) is 5.16 Å². The Kier molecular flexibility index (Phi) is 3.02.